The summed E-state index contributed by atoms with van der Waals surface area (Å²) in [5, 5.41) is 7.90. The number of nitrogens with two attached hydrogens (primary N) is 1. The van der Waals surface area contributed by atoms with E-state index in [-0.39, 0.29) is 11.8 Å². The van der Waals surface area contributed by atoms with Crippen molar-refractivity contribution in [2.75, 3.05) is 39.8 Å². The molecule has 0 saturated carbocycles. The van der Waals surface area contributed by atoms with Gasteiger partial charge in [-0.25, -0.2) is 4.98 Å². The number of primary amides is 1. The van der Waals surface area contributed by atoms with Gasteiger partial charge in [0.05, 0.1) is 10.7 Å². The van der Waals surface area contributed by atoms with Crippen molar-refractivity contribution in [3.8, 4) is 0 Å². The third-order valence-corrected chi connectivity index (χ3v) is 6.24. The highest BCUT2D eigenvalue weighted by molar-refractivity contribution is 7.11. The average Bonchev–Trinajstić information content (AvgIpc) is 2.98. The van der Waals surface area contributed by atoms with Gasteiger partial charge in [-0.05, 0) is 59.2 Å². The van der Waals surface area contributed by atoms with Crippen LogP contribution < -0.4 is 16.4 Å². The normalized spacial score (nSPS) is 16.5. The Hall–Kier alpha value is -1.67. The lowest BCUT2D eigenvalue weighted by Crippen LogP contribution is -2.40. The van der Waals surface area contributed by atoms with Crippen LogP contribution in [0.3, 0.4) is 0 Å². The maximum Gasteiger partial charge on any atom is 0.220 e. The number of rotatable bonds is 9. The van der Waals surface area contributed by atoms with E-state index in [0.29, 0.717) is 0 Å². The van der Waals surface area contributed by atoms with Crippen molar-refractivity contribution >= 4 is 23.2 Å². The minimum absolute atomic E-state index is 0.0783. The summed E-state index contributed by atoms with van der Waals surface area (Å²) >= 11 is 1.77. The number of guanidine groups is 1. The molecule has 0 unspecified atom stereocenters. The Morgan fingerprint density at radius 3 is 2.56 bits per heavy atom. The van der Waals surface area contributed by atoms with Gasteiger partial charge in [-0.1, -0.05) is 0 Å². The maximum atomic E-state index is 11.2. The summed E-state index contributed by atoms with van der Waals surface area (Å²) in [7, 11) is 1.80. The molecule has 0 atom stereocenters. The van der Waals surface area contributed by atoms with Crippen LogP contribution in [0.4, 0.5) is 0 Å². The first-order valence-electron chi connectivity index (χ1n) is 9.88. The molecular weight excluding hydrogens is 360 g/mol. The zero-order valence-corrected chi connectivity index (χ0v) is 17.7. The zero-order valence-electron chi connectivity index (χ0n) is 16.9. The Kier molecular flexibility index (Phi) is 9.00. The second kappa shape index (κ2) is 11.2. The van der Waals surface area contributed by atoms with Crippen molar-refractivity contribution in [3.63, 3.8) is 0 Å². The molecule has 0 aliphatic carbocycles. The lowest BCUT2D eigenvalue weighted by molar-refractivity contribution is -0.123. The van der Waals surface area contributed by atoms with Gasteiger partial charge in [0.2, 0.25) is 5.91 Å². The zero-order chi connectivity index (χ0) is 19.6. The Balaban J connectivity index is 1.53. The summed E-state index contributed by atoms with van der Waals surface area (Å²) in [4.78, 5) is 23.8. The Morgan fingerprint density at radius 2 is 1.96 bits per heavy atom. The molecule has 27 heavy (non-hydrogen) atoms. The number of nitrogens with zero attached hydrogens (tertiary/aromatic N) is 3. The molecule has 2 rings (SSSR count). The smallest absolute Gasteiger partial charge is 0.220 e. The Bertz CT molecular complexity index is 602. The number of piperidine rings is 1. The summed E-state index contributed by atoms with van der Waals surface area (Å²) < 4.78 is 0. The molecule has 0 aromatic carbocycles. The first-order chi connectivity index (χ1) is 13.0. The second-order valence-electron chi connectivity index (χ2n) is 7.15. The number of hydrogen-bond acceptors (Lipinski definition) is 5. The summed E-state index contributed by atoms with van der Waals surface area (Å²) in [5.41, 5.74) is 6.52. The fourth-order valence-electron chi connectivity index (χ4n) is 3.26. The van der Waals surface area contributed by atoms with Crippen molar-refractivity contribution < 1.29 is 4.79 Å². The van der Waals surface area contributed by atoms with E-state index < -0.39 is 0 Å². The highest BCUT2D eigenvalue weighted by Crippen LogP contribution is 2.17. The monoisotopic (exact) mass is 394 g/mol. The fourth-order valence-corrected chi connectivity index (χ4v) is 4.20. The van der Waals surface area contributed by atoms with Gasteiger partial charge in [0, 0.05) is 37.4 Å². The van der Waals surface area contributed by atoms with Crippen LogP contribution in [-0.4, -0.2) is 61.5 Å². The Labute approximate surface area is 166 Å². The van der Waals surface area contributed by atoms with E-state index >= 15 is 0 Å². The number of carbonyl (C=O) groups is 1. The molecule has 1 aliphatic heterocycles. The van der Waals surface area contributed by atoms with Crippen molar-refractivity contribution in [2.45, 2.75) is 46.0 Å². The molecule has 0 bridgehead atoms. The van der Waals surface area contributed by atoms with Crippen LogP contribution in [0.5, 0.6) is 0 Å². The van der Waals surface area contributed by atoms with Gasteiger partial charge >= 0.3 is 0 Å². The van der Waals surface area contributed by atoms with E-state index in [0.717, 1.165) is 76.5 Å². The number of aromatic nitrogens is 1. The predicted molar refractivity (Wildman–Crippen MR) is 112 cm³/mol. The molecule has 0 spiro atoms. The molecule has 0 radical (unpaired) electrons. The van der Waals surface area contributed by atoms with Crippen LogP contribution in [0.2, 0.25) is 0 Å². The van der Waals surface area contributed by atoms with Gasteiger partial charge in [-0.2, -0.15) is 0 Å². The van der Waals surface area contributed by atoms with Gasteiger partial charge < -0.3 is 21.3 Å². The van der Waals surface area contributed by atoms with E-state index in [1.807, 2.05) is 0 Å². The quantitative estimate of drug-likeness (QED) is 0.335. The molecule has 7 nitrogen and oxygen atoms in total. The molecule has 1 amide bonds. The number of unbranched alkanes of at least 4 members (excludes halogenated alkanes) is 1. The number of aliphatic imine (C=N–C) groups is 1. The molecule has 1 aromatic rings. The van der Waals surface area contributed by atoms with E-state index in [1.165, 1.54) is 9.88 Å². The third kappa shape index (κ3) is 7.46. The van der Waals surface area contributed by atoms with Crippen molar-refractivity contribution in [1.29, 1.82) is 0 Å². The lowest BCUT2D eigenvalue weighted by Gasteiger charge is -2.30. The minimum Gasteiger partial charge on any atom is -0.369 e. The first-order valence-corrected chi connectivity index (χ1v) is 10.7. The highest BCUT2D eigenvalue weighted by atomic mass is 32.1. The van der Waals surface area contributed by atoms with E-state index in [2.05, 4.69) is 39.4 Å². The maximum absolute atomic E-state index is 11.2. The highest BCUT2D eigenvalue weighted by Gasteiger charge is 2.22. The van der Waals surface area contributed by atoms with Crippen molar-refractivity contribution in [1.82, 2.24) is 20.5 Å². The summed E-state index contributed by atoms with van der Waals surface area (Å²) in [6, 6.07) is 0. The van der Waals surface area contributed by atoms with Gasteiger partial charge in [0.25, 0.3) is 0 Å². The van der Waals surface area contributed by atoms with Gasteiger partial charge in [-0.15, -0.1) is 11.3 Å². The van der Waals surface area contributed by atoms with Crippen LogP contribution in [0.15, 0.2) is 4.99 Å². The van der Waals surface area contributed by atoms with Crippen LogP contribution in [0, 0.1) is 19.8 Å². The van der Waals surface area contributed by atoms with Crippen LogP contribution in [0.25, 0.3) is 0 Å². The molecular formula is C19H34N6OS. The first kappa shape index (κ1) is 21.6. The average molecular weight is 395 g/mol. The van der Waals surface area contributed by atoms with E-state index in [9.17, 15) is 4.79 Å². The Morgan fingerprint density at radius 1 is 1.26 bits per heavy atom. The third-order valence-electron chi connectivity index (χ3n) is 5.11. The number of amides is 1. The number of likely N-dealkylation sites (tertiary alicyclic amines) is 1. The SMILES string of the molecule is CN=C(NCCCCN1CCC(C(N)=O)CC1)NCCc1nc(C)c(C)s1. The van der Waals surface area contributed by atoms with E-state index in [1.54, 1.807) is 18.4 Å². The predicted octanol–water partition coefficient (Wildman–Crippen LogP) is 1.44. The molecule has 1 fully saturated rings. The number of nitrogens with one attached hydrogen (secondary N) is 2. The largest absolute Gasteiger partial charge is 0.369 e. The number of thiazole rings is 1. The van der Waals surface area contributed by atoms with Crippen LogP contribution >= 0.6 is 11.3 Å². The molecule has 2 heterocycles. The summed E-state index contributed by atoms with van der Waals surface area (Å²) in [6.07, 6.45) is 4.97. The fraction of sp³-hybridized carbons (Fsp3) is 0.737. The summed E-state index contributed by atoms with van der Waals surface area (Å²) in [6.45, 7) is 8.98. The molecule has 1 aliphatic rings. The minimum atomic E-state index is -0.141. The van der Waals surface area contributed by atoms with E-state index in [4.69, 9.17) is 5.73 Å². The standard InChI is InChI=1S/C19H34N6OS/c1-14-15(2)27-17(24-14)6-10-23-19(21-3)22-9-4-5-11-25-12-7-16(8-13-25)18(20)26/h16H,4-13H2,1-3H3,(H2,20,26)(H2,21,22,23). The van der Waals surface area contributed by atoms with Crippen molar-refractivity contribution in [3.05, 3.63) is 15.6 Å². The second-order valence-corrected chi connectivity index (χ2v) is 8.44. The molecule has 1 saturated heterocycles. The van der Waals surface area contributed by atoms with Crippen molar-refractivity contribution in [2.24, 2.45) is 16.6 Å². The number of aryl methyl sites for hydroxylation is 2. The van der Waals surface area contributed by atoms with Gasteiger partial charge in [-0.3, -0.25) is 9.79 Å². The van der Waals surface area contributed by atoms with Gasteiger partial charge in [0.1, 0.15) is 0 Å². The molecule has 8 heteroatoms. The summed E-state index contributed by atoms with van der Waals surface area (Å²) in [5.74, 6) is 0.787. The molecule has 1 aromatic heterocycles. The van der Waals surface area contributed by atoms with Crippen LogP contribution in [0.1, 0.15) is 41.3 Å². The molecule has 4 N–H and O–H groups in total. The topological polar surface area (TPSA) is 95.6 Å². The lowest BCUT2D eigenvalue weighted by atomic mass is 9.96. The van der Waals surface area contributed by atoms with Crippen LogP contribution in [-0.2, 0) is 11.2 Å². The van der Waals surface area contributed by atoms with Gasteiger partial charge in [0.15, 0.2) is 5.96 Å². The molecule has 152 valence electrons. The number of hydrogen-bond donors (Lipinski definition) is 3. The number of carbonyl (C=O) groups excluding carboxylic acids is 1.